The van der Waals surface area contributed by atoms with Crippen molar-refractivity contribution < 1.29 is 9.32 Å². The third kappa shape index (κ3) is 2.97. The Morgan fingerprint density at radius 2 is 2.14 bits per heavy atom. The van der Waals surface area contributed by atoms with E-state index >= 15 is 0 Å². The number of nitrogens with zero attached hydrogens (tertiary/aromatic N) is 4. The summed E-state index contributed by atoms with van der Waals surface area (Å²) in [5.41, 5.74) is 7.60. The van der Waals surface area contributed by atoms with E-state index in [-0.39, 0.29) is 11.8 Å². The predicted octanol–water partition coefficient (Wildman–Crippen LogP) is 2.69. The van der Waals surface area contributed by atoms with Crippen LogP contribution in [-0.4, -0.2) is 44.2 Å². The number of fused-ring (bicyclic) bond motifs is 1. The zero-order valence-electron chi connectivity index (χ0n) is 15.7. The quantitative estimate of drug-likeness (QED) is 0.722. The monoisotopic (exact) mass is 380 g/mol. The molecule has 8 nitrogen and oxygen atoms in total. The maximum atomic E-state index is 13.0. The number of rotatable bonds is 3. The molecule has 1 aliphatic heterocycles. The van der Waals surface area contributed by atoms with Gasteiger partial charge in [-0.1, -0.05) is 18.0 Å². The second-order valence-electron chi connectivity index (χ2n) is 8.08. The van der Waals surface area contributed by atoms with E-state index < -0.39 is 5.54 Å². The predicted molar refractivity (Wildman–Crippen MR) is 103 cm³/mol. The summed E-state index contributed by atoms with van der Waals surface area (Å²) in [6.45, 7) is 1.32. The van der Waals surface area contributed by atoms with E-state index in [9.17, 15) is 4.79 Å². The van der Waals surface area contributed by atoms with E-state index in [4.69, 9.17) is 10.3 Å². The van der Waals surface area contributed by atoms with Gasteiger partial charge >= 0.3 is 0 Å². The first-order valence-electron chi connectivity index (χ1n) is 9.98. The van der Waals surface area contributed by atoms with Crippen molar-refractivity contribution in [1.82, 2.24) is 25.2 Å². The minimum atomic E-state index is -0.452. The third-order valence-corrected chi connectivity index (χ3v) is 6.13. The normalized spacial score (nSPS) is 22.0. The van der Waals surface area contributed by atoms with Crippen LogP contribution in [-0.2, 0) is 5.54 Å². The number of hydrogen-bond acceptors (Lipinski definition) is 6. The molecular weight excluding hydrogens is 356 g/mol. The van der Waals surface area contributed by atoms with Crippen LogP contribution in [0.1, 0.15) is 66.5 Å². The lowest BCUT2D eigenvalue weighted by molar-refractivity contribution is 0.0696. The number of nitrogens with one attached hydrogen (secondary N) is 1. The zero-order chi connectivity index (χ0) is 19.1. The number of aromatic amines is 1. The number of likely N-dealkylation sites (tertiary alicyclic amines) is 1. The fraction of sp³-hybridized carbons (Fsp3) is 0.500. The van der Waals surface area contributed by atoms with Crippen LogP contribution in [0.15, 0.2) is 28.9 Å². The van der Waals surface area contributed by atoms with Gasteiger partial charge < -0.3 is 15.2 Å². The molecule has 28 heavy (non-hydrogen) atoms. The van der Waals surface area contributed by atoms with Gasteiger partial charge in [0.1, 0.15) is 0 Å². The van der Waals surface area contributed by atoms with Crippen molar-refractivity contribution >= 4 is 16.8 Å². The number of benzene rings is 1. The van der Waals surface area contributed by atoms with Crippen LogP contribution in [0.3, 0.4) is 0 Å². The zero-order valence-corrected chi connectivity index (χ0v) is 15.7. The Morgan fingerprint density at radius 1 is 1.29 bits per heavy atom. The average molecular weight is 380 g/mol. The van der Waals surface area contributed by atoms with Gasteiger partial charge in [0.15, 0.2) is 5.82 Å². The smallest absolute Gasteiger partial charge is 0.253 e. The molecule has 3 heterocycles. The van der Waals surface area contributed by atoms with Crippen LogP contribution < -0.4 is 5.73 Å². The minimum Gasteiger partial charge on any atom is -0.339 e. The number of amides is 1. The summed E-state index contributed by atoms with van der Waals surface area (Å²) in [5, 5.41) is 12.0. The summed E-state index contributed by atoms with van der Waals surface area (Å²) in [7, 11) is 0. The highest BCUT2D eigenvalue weighted by molar-refractivity contribution is 5.97. The van der Waals surface area contributed by atoms with Gasteiger partial charge in [-0.2, -0.15) is 10.1 Å². The Hall–Kier alpha value is -2.74. The molecule has 1 aliphatic carbocycles. The Bertz CT molecular complexity index is 1000. The molecule has 2 aliphatic rings. The van der Waals surface area contributed by atoms with Crippen LogP contribution in [0.2, 0.25) is 0 Å². The molecule has 2 aromatic heterocycles. The highest BCUT2D eigenvalue weighted by Crippen LogP contribution is 2.36. The molecule has 8 heteroatoms. The molecular formula is C20H24N6O2. The van der Waals surface area contributed by atoms with Crippen molar-refractivity contribution in [3.8, 4) is 0 Å². The SMILES string of the molecule is NC1(c2noc(C3CCCN(C(=O)c4ccc5[nH]ncc5c4)C3)n2)CCCC1. The number of nitrogens with two attached hydrogens (primary N) is 1. The second kappa shape index (κ2) is 6.70. The first kappa shape index (κ1) is 17.4. The molecule has 1 saturated carbocycles. The largest absolute Gasteiger partial charge is 0.339 e. The molecule has 2 fully saturated rings. The van der Waals surface area contributed by atoms with E-state index in [1.165, 1.54) is 0 Å². The molecule has 0 radical (unpaired) electrons. The molecule has 146 valence electrons. The van der Waals surface area contributed by atoms with Crippen molar-refractivity contribution in [3.63, 3.8) is 0 Å². The number of carbonyl (C=O) groups excluding carboxylic acids is 1. The molecule has 1 saturated heterocycles. The number of H-pyrrole nitrogens is 1. The van der Waals surface area contributed by atoms with Gasteiger partial charge in [-0.25, -0.2) is 0 Å². The summed E-state index contributed by atoms with van der Waals surface area (Å²) >= 11 is 0. The molecule has 0 spiro atoms. The van der Waals surface area contributed by atoms with E-state index in [1.807, 2.05) is 23.1 Å². The fourth-order valence-corrected chi connectivity index (χ4v) is 4.45. The summed E-state index contributed by atoms with van der Waals surface area (Å²) in [6, 6.07) is 5.62. The molecule has 0 bridgehead atoms. The fourth-order valence-electron chi connectivity index (χ4n) is 4.45. The van der Waals surface area contributed by atoms with E-state index in [0.29, 0.717) is 23.8 Å². The van der Waals surface area contributed by atoms with Crippen molar-refractivity contribution in [1.29, 1.82) is 0 Å². The molecule has 3 aromatic rings. The summed E-state index contributed by atoms with van der Waals surface area (Å²) in [5.74, 6) is 1.31. The summed E-state index contributed by atoms with van der Waals surface area (Å²) in [4.78, 5) is 19.5. The van der Waals surface area contributed by atoms with Gasteiger partial charge in [-0.05, 0) is 43.9 Å². The van der Waals surface area contributed by atoms with E-state index in [2.05, 4.69) is 20.3 Å². The maximum Gasteiger partial charge on any atom is 0.253 e. The Kier molecular flexibility index (Phi) is 4.16. The van der Waals surface area contributed by atoms with Crippen LogP contribution in [0.25, 0.3) is 10.9 Å². The molecule has 1 atom stereocenters. The molecule has 1 aromatic carbocycles. The van der Waals surface area contributed by atoms with Crippen molar-refractivity contribution in [2.75, 3.05) is 13.1 Å². The second-order valence-corrected chi connectivity index (χ2v) is 8.08. The lowest BCUT2D eigenvalue weighted by atomic mass is 9.96. The van der Waals surface area contributed by atoms with Crippen LogP contribution in [0.4, 0.5) is 0 Å². The van der Waals surface area contributed by atoms with E-state index in [1.54, 1.807) is 6.20 Å². The Labute approximate surface area is 162 Å². The van der Waals surface area contributed by atoms with Crippen molar-refractivity contribution in [2.24, 2.45) is 5.73 Å². The van der Waals surface area contributed by atoms with Crippen LogP contribution in [0.5, 0.6) is 0 Å². The standard InChI is InChI=1S/C20H24N6O2/c21-20(7-1-2-8-20)19-23-17(28-25-19)14-4-3-9-26(12-14)18(27)13-5-6-16-15(10-13)11-22-24-16/h5-6,10-11,14H,1-4,7-9,12,21H2,(H,22,24). The van der Waals surface area contributed by atoms with Gasteiger partial charge in [0.2, 0.25) is 5.89 Å². The third-order valence-electron chi connectivity index (χ3n) is 6.13. The molecule has 1 unspecified atom stereocenters. The lowest BCUT2D eigenvalue weighted by Gasteiger charge is -2.31. The number of piperidine rings is 1. The van der Waals surface area contributed by atoms with Crippen LogP contribution in [0, 0.1) is 0 Å². The number of aromatic nitrogens is 4. The Morgan fingerprint density at radius 3 is 3.00 bits per heavy atom. The van der Waals surface area contributed by atoms with Crippen molar-refractivity contribution in [2.45, 2.75) is 50.0 Å². The molecule has 1 amide bonds. The number of hydrogen-bond donors (Lipinski definition) is 2. The van der Waals surface area contributed by atoms with Gasteiger partial charge in [0, 0.05) is 24.0 Å². The van der Waals surface area contributed by atoms with Crippen LogP contribution >= 0.6 is 0 Å². The molecule has 5 rings (SSSR count). The van der Waals surface area contributed by atoms with E-state index in [0.717, 1.165) is 56.0 Å². The Balaban J connectivity index is 1.33. The first-order valence-corrected chi connectivity index (χ1v) is 9.98. The maximum absolute atomic E-state index is 13.0. The lowest BCUT2D eigenvalue weighted by Crippen LogP contribution is -2.39. The van der Waals surface area contributed by atoms with Gasteiger partial charge in [-0.15, -0.1) is 0 Å². The highest BCUT2D eigenvalue weighted by Gasteiger charge is 2.37. The topological polar surface area (TPSA) is 114 Å². The van der Waals surface area contributed by atoms with Crippen molar-refractivity contribution in [3.05, 3.63) is 41.7 Å². The minimum absolute atomic E-state index is 0.0265. The number of carbonyl (C=O) groups is 1. The highest BCUT2D eigenvalue weighted by atomic mass is 16.5. The van der Waals surface area contributed by atoms with Gasteiger partial charge in [0.25, 0.3) is 5.91 Å². The first-order chi connectivity index (χ1) is 13.6. The average Bonchev–Trinajstić information content (AvgIpc) is 3.47. The van der Waals surface area contributed by atoms with Gasteiger partial charge in [-0.3, -0.25) is 9.89 Å². The summed E-state index contributed by atoms with van der Waals surface area (Å²) < 4.78 is 5.57. The van der Waals surface area contributed by atoms with Gasteiger partial charge in [0.05, 0.1) is 23.2 Å². The molecule has 3 N–H and O–H groups in total. The summed E-state index contributed by atoms with van der Waals surface area (Å²) in [6.07, 6.45) is 7.59.